The Balaban J connectivity index is 2.37. The number of esters is 1. The molecule has 0 aliphatic heterocycles. The molecule has 0 unspecified atom stereocenters. The molecule has 0 saturated heterocycles. The largest absolute Gasteiger partial charge is 0.497 e. The van der Waals surface area contributed by atoms with E-state index in [-0.39, 0.29) is 18.3 Å². The minimum atomic E-state index is -0.254. The SMILES string of the molecule is COC(=O)CCn1c(CCl)nc2cc(OC)ccc21. The van der Waals surface area contributed by atoms with Crippen LogP contribution in [0, 0.1) is 0 Å². The van der Waals surface area contributed by atoms with Gasteiger partial charge in [-0.05, 0) is 12.1 Å². The Morgan fingerprint density at radius 1 is 1.42 bits per heavy atom. The van der Waals surface area contributed by atoms with Crippen LogP contribution in [0.4, 0.5) is 0 Å². The molecule has 0 aliphatic carbocycles. The molecule has 1 aromatic heterocycles. The highest BCUT2D eigenvalue weighted by Gasteiger charge is 2.12. The van der Waals surface area contributed by atoms with Crippen molar-refractivity contribution in [2.24, 2.45) is 0 Å². The van der Waals surface area contributed by atoms with E-state index in [4.69, 9.17) is 16.3 Å². The Hall–Kier alpha value is -1.75. The molecule has 1 heterocycles. The summed E-state index contributed by atoms with van der Waals surface area (Å²) in [4.78, 5) is 15.7. The van der Waals surface area contributed by atoms with Crippen LogP contribution in [-0.2, 0) is 22.0 Å². The molecule has 1 aromatic carbocycles. The third kappa shape index (κ3) is 2.81. The molecule has 0 radical (unpaired) electrons. The van der Waals surface area contributed by atoms with Crippen LogP contribution in [0.1, 0.15) is 12.2 Å². The summed E-state index contributed by atoms with van der Waals surface area (Å²) in [5.41, 5.74) is 1.74. The van der Waals surface area contributed by atoms with Gasteiger partial charge in [0.05, 0.1) is 37.6 Å². The van der Waals surface area contributed by atoms with Crippen LogP contribution in [-0.4, -0.2) is 29.7 Å². The average Bonchev–Trinajstić information content (AvgIpc) is 2.81. The first-order valence-corrected chi connectivity index (χ1v) is 6.39. The highest BCUT2D eigenvalue weighted by molar-refractivity contribution is 6.16. The lowest BCUT2D eigenvalue weighted by atomic mass is 10.3. The second kappa shape index (κ2) is 5.93. The molecule has 0 aliphatic rings. The number of alkyl halides is 1. The summed E-state index contributed by atoms with van der Waals surface area (Å²) in [6.45, 7) is 0.498. The molecule has 0 amide bonds. The zero-order valence-corrected chi connectivity index (χ0v) is 11.6. The van der Waals surface area contributed by atoms with Crippen LogP contribution < -0.4 is 4.74 Å². The number of imidazole rings is 1. The average molecular weight is 283 g/mol. The number of halogens is 1. The van der Waals surface area contributed by atoms with Crippen molar-refractivity contribution in [2.45, 2.75) is 18.8 Å². The molecular formula is C13H15ClN2O3. The molecule has 0 N–H and O–H groups in total. The summed E-state index contributed by atoms with van der Waals surface area (Å²) in [6.07, 6.45) is 0.290. The standard InChI is InChI=1S/C13H15ClN2O3/c1-18-9-3-4-11-10(7-9)15-12(8-14)16(11)6-5-13(17)19-2/h3-4,7H,5-6,8H2,1-2H3. The lowest BCUT2D eigenvalue weighted by Crippen LogP contribution is -2.09. The molecule has 0 saturated carbocycles. The second-order valence-corrected chi connectivity index (χ2v) is 4.26. The van der Waals surface area contributed by atoms with Crippen molar-refractivity contribution < 1.29 is 14.3 Å². The van der Waals surface area contributed by atoms with Crippen LogP contribution in [0.3, 0.4) is 0 Å². The Bertz CT molecular complexity index is 595. The maximum absolute atomic E-state index is 11.2. The van der Waals surface area contributed by atoms with E-state index < -0.39 is 0 Å². The number of ether oxygens (including phenoxy) is 2. The van der Waals surface area contributed by atoms with Gasteiger partial charge in [0.1, 0.15) is 11.6 Å². The molecule has 0 fully saturated rings. The quantitative estimate of drug-likeness (QED) is 0.624. The number of rotatable bonds is 5. The molecule has 2 aromatic rings. The lowest BCUT2D eigenvalue weighted by molar-refractivity contribution is -0.140. The summed E-state index contributed by atoms with van der Waals surface area (Å²) >= 11 is 5.90. The summed E-state index contributed by atoms with van der Waals surface area (Å²) in [5.74, 6) is 1.51. The van der Waals surface area contributed by atoms with E-state index in [2.05, 4.69) is 9.72 Å². The van der Waals surface area contributed by atoms with Gasteiger partial charge in [-0.25, -0.2) is 4.98 Å². The molecule has 5 nitrogen and oxygen atoms in total. The predicted octanol–water partition coefficient (Wildman–Crippen LogP) is 2.35. The number of nitrogens with zero attached hydrogens (tertiary/aromatic N) is 2. The molecule has 19 heavy (non-hydrogen) atoms. The smallest absolute Gasteiger partial charge is 0.307 e. The number of methoxy groups -OCH3 is 2. The number of carbonyl (C=O) groups is 1. The summed E-state index contributed by atoms with van der Waals surface area (Å²) in [6, 6.07) is 5.62. The van der Waals surface area contributed by atoms with Crippen molar-refractivity contribution in [2.75, 3.05) is 14.2 Å². The number of benzene rings is 1. The topological polar surface area (TPSA) is 53.4 Å². The van der Waals surface area contributed by atoms with Crippen molar-refractivity contribution >= 4 is 28.6 Å². The third-order valence-corrected chi connectivity index (χ3v) is 3.16. The maximum Gasteiger partial charge on any atom is 0.307 e. The zero-order chi connectivity index (χ0) is 13.8. The van der Waals surface area contributed by atoms with Crippen LogP contribution in [0.2, 0.25) is 0 Å². The normalized spacial score (nSPS) is 10.7. The lowest BCUT2D eigenvalue weighted by Gasteiger charge is -2.07. The van der Waals surface area contributed by atoms with Gasteiger partial charge >= 0.3 is 5.97 Å². The Morgan fingerprint density at radius 3 is 2.84 bits per heavy atom. The highest BCUT2D eigenvalue weighted by atomic mass is 35.5. The van der Waals surface area contributed by atoms with Crippen LogP contribution in [0.5, 0.6) is 5.75 Å². The monoisotopic (exact) mass is 282 g/mol. The maximum atomic E-state index is 11.2. The number of aromatic nitrogens is 2. The van der Waals surface area contributed by atoms with Gasteiger partial charge in [0.2, 0.25) is 0 Å². The van der Waals surface area contributed by atoms with E-state index in [0.29, 0.717) is 6.54 Å². The molecular weight excluding hydrogens is 268 g/mol. The van der Waals surface area contributed by atoms with E-state index in [1.807, 2.05) is 22.8 Å². The number of fused-ring (bicyclic) bond motifs is 1. The Morgan fingerprint density at radius 2 is 2.21 bits per heavy atom. The summed E-state index contributed by atoms with van der Waals surface area (Å²) < 4.78 is 11.7. The van der Waals surface area contributed by atoms with E-state index in [1.54, 1.807) is 7.11 Å². The molecule has 0 atom stereocenters. The molecule has 2 rings (SSSR count). The molecule has 102 valence electrons. The summed E-state index contributed by atoms with van der Waals surface area (Å²) in [5, 5.41) is 0. The van der Waals surface area contributed by atoms with Crippen molar-refractivity contribution in [3.8, 4) is 5.75 Å². The van der Waals surface area contributed by atoms with E-state index in [1.165, 1.54) is 7.11 Å². The fraction of sp³-hybridized carbons (Fsp3) is 0.385. The minimum Gasteiger partial charge on any atom is -0.497 e. The highest BCUT2D eigenvalue weighted by Crippen LogP contribution is 2.23. The molecule has 6 heteroatoms. The van der Waals surface area contributed by atoms with Gasteiger partial charge in [0, 0.05) is 12.6 Å². The Labute approximate surface area is 116 Å². The third-order valence-electron chi connectivity index (χ3n) is 2.92. The first-order valence-electron chi connectivity index (χ1n) is 5.85. The van der Waals surface area contributed by atoms with Gasteiger partial charge < -0.3 is 14.0 Å². The predicted molar refractivity (Wildman–Crippen MR) is 72.5 cm³/mol. The van der Waals surface area contributed by atoms with E-state index in [0.717, 1.165) is 22.6 Å². The van der Waals surface area contributed by atoms with Gasteiger partial charge in [0.25, 0.3) is 0 Å². The number of carbonyl (C=O) groups excluding carboxylic acids is 1. The van der Waals surface area contributed by atoms with E-state index >= 15 is 0 Å². The van der Waals surface area contributed by atoms with Gasteiger partial charge in [-0.15, -0.1) is 11.6 Å². The van der Waals surface area contributed by atoms with Crippen LogP contribution in [0.15, 0.2) is 18.2 Å². The van der Waals surface area contributed by atoms with Gasteiger partial charge in [-0.2, -0.15) is 0 Å². The number of hydrogen-bond acceptors (Lipinski definition) is 4. The fourth-order valence-corrected chi connectivity index (χ4v) is 2.15. The first-order chi connectivity index (χ1) is 9.19. The second-order valence-electron chi connectivity index (χ2n) is 3.99. The van der Waals surface area contributed by atoms with Gasteiger partial charge in [0.15, 0.2) is 0 Å². The minimum absolute atomic E-state index is 0.254. The van der Waals surface area contributed by atoms with Crippen molar-refractivity contribution in [1.29, 1.82) is 0 Å². The van der Waals surface area contributed by atoms with Crippen molar-refractivity contribution in [3.63, 3.8) is 0 Å². The number of aryl methyl sites for hydroxylation is 1. The fourth-order valence-electron chi connectivity index (χ4n) is 1.94. The van der Waals surface area contributed by atoms with Gasteiger partial charge in [-0.1, -0.05) is 0 Å². The van der Waals surface area contributed by atoms with E-state index in [9.17, 15) is 4.79 Å². The number of hydrogen-bond donors (Lipinski definition) is 0. The first kappa shape index (κ1) is 13.7. The molecule has 0 spiro atoms. The summed E-state index contributed by atoms with van der Waals surface area (Å²) in [7, 11) is 2.99. The Kier molecular flexibility index (Phi) is 4.27. The van der Waals surface area contributed by atoms with Crippen LogP contribution in [0.25, 0.3) is 11.0 Å². The van der Waals surface area contributed by atoms with Crippen molar-refractivity contribution in [3.05, 3.63) is 24.0 Å². The molecule has 0 bridgehead atoms. The van der Waals surface area contributed by atoms with Crippen molar-refractivity contribution in [1.82, 2.24) is 9.55 Å². The van der Waals surface area contributed by atoms with Gasteiger partial charge in [-0.3, -0.25) is 4.79 Å². The zero-order valence-electron chi connectivity index (χ0n) is 10.9. The van der Waals surface area contributed by atoms with Crippen LogP contribution >= 0.6 is 11.6 Å².